The highest BCUT2D eigenvalue weighted by atomic mass is 16.6. The molecule has 3 rings (SSSR count). The molecule has 0 spiro atoms. The van der Waals surface area contributed by atoms with Gasteiger partial charge in [0.1, 0.15) is 18.3 Å². The lowest BCUT2D eigenvalue weighted by Gasteiger charge is -2.37. The molecule has 7 nitrogen and oxygen atoms in total. The van der Waals surface area contributed by atoms with Crippen molar-refractivity contribution in [2.24, 2.45) is 0 Å². The lowest BCUT2D eigenvalue weighted by Crippen LogP contribution is -2.50. The van der Waals surface area contributed by atoms with E-state index < -0.39 is 5.60 Å². The van der Waals surface area contributed by atoms with Crippen LogP contribution in [-0.4, -0.2) is 57.5 Å². The largest absolute Gasteiger partial charge is 0.444 e. The molecule has 2 aromatic rings. The summed E-state index contributed by atoms with van der Waals surface area (Å²) in [6.07, 6.45) is 3.21. The van der Waals surface area contributed by atoms with E-state index in [-0.39, 0.29) is 6.09 Å². The first-order valence-electron chi connectivity index (χ1n) is 8.55. The number of piperazine rings is 1. The number of benzene rings is 1. The molecule has 1 aliphatic heterocycles. The van der Waals surface area contributed by atoms with Crippen molar-refractivity contribution < 1.29 is 9.53 Å². The van der Waals surface area contributed by atoms with Crippen LogP contribution in [0.3, 0.4) is 0 Å². The van der Waals surface area contributed by atoms with E-state index in [2.05, 4.69) is 27.2 Å². The fraction of sp³-hybridized carbons (Fsp3) is 0.500. The number of nitrogens with zero attached hydrogens (tertiary/aromatic N) is 5. The van der Waals surface area contributed by atoms with Crippen molar-refractivity contribution in [1.29, 1.82) is 0 Å². The van der Waals surface area contributed by atoms with E-state index in [1.165, 1.54) is 11.3 Å². The van der Waals surface area contributed by atoms with Crippen LogP contribution in [0.25, 0.3) is 0 Å². The van der Waals surface area contributed by atoms with Crippen molar-refractivity contribution in [2.75, 3.05) is 31.1 Å². The summed E-state index contributed by atoms with van der Waals surface area (Å²) in [5.41, 5.74) is 1.95. The van der Waals surface area contributed by atoms with Crippen molar-refractivity contribution in [3.63, 3.8) is 0 Å². The summed E-state index contributed by atoms with van der Waals surface area (Å²) in [4.78, 5) is 16.3. The van der Waals surface area contributed by atoms with Gasteiger partial charge in [0.2, 0.25) is 0 Å². The van der Waals surface area contributed by atoms with Crippen LogP contribution in [0.5, 0.6) is 0 Å². The Morgan fingerprint density at radius 3 is 2.36 bits per heavy atom. The highest BCUT2D eigenvalue weighted by molar-refractivity contribution is 5.68. The van der Waals surface area contributed by atoms with Crippen LogP contribution >= 0.6 is 0 Å². The number of aromatic nitrogens is 3. The normalized spacial score (nSPS) is 15.3. The zero-order chi connectivity index (χ0) is 17.9. The number of ether oxygens (including phenoxy) is 1. The van der Waals surface area contributed by atoms with E-state index in [9.17, 15) is 4.79 Å². The molecule has 1 amide bonds. The van der Waals surface area contributed by atoms with E-state index in [1.54, 1.807) is 17.6 Å². The van der Waals surface area contributed by atoms with Gasteiger partial charge in [-0.15, -0.1) is 10.2 Å². The summed E-state index contributed by atoms with van der Waals surface area (Å²) >= 11 is 0. The van der Waals surface area contributed by atoms with Crippen molar-refractivity contribution >= 4 is 11.8 Å². The van der Waals surface area contributed by atoms with E-state index in [1.807, 2.05) is 37.5 Å². The SMILES string of the molecule is CC(C)(C)OC(=O)N1CCN(c2ccccc2Cn2cnnc2)CC1. The number of para-hydroxylation sites is 1. The van der Waals surface area contributed by atoms with Crippen LogP contribution < -0.4 is 4.90 Å². The first-order valence-corrected chi connectivity index (χ1v) is 8.55. The molecule has 7 heteroatoms. The molecule has 0 N–H and O–H groups in total. The minimum absolute atomic E-state index is 0.232. The summed E-state index contributed by atoms with van der Waals surface area (Å²) in [5, 5.41) is 7.72. The van der Waals surface area contributed by atoms with Crippen molar-refractivity contribution in [2.45, 2.75) is 32.9 Å². The highest BCUT2D eigenvalue weighted by Crippen LogP contribution is 2.23. The molecule has 0 radical (unpaired) electrons. The van der Waals surface area contributed by atoms with Crippen LogP contribution in [0.1, 0.15) is 26.3 Å². The van der Waals surface area contributed by atoms with E-state index >= 15 is 0 Å². The predicted octanol–water partition coefficient (Wildman–Crippen LogP) is 2.38. The molecule has 0 saturated carbocycles. The number of carbonyl (C=O) groups excluding carboxylic acids is 1. The van der Waals surface area contributed by atoms with Gasteiger partial charge < -0.3 is 19.1 Å². The molecule has 1 saturated heterocycles. The van der Waals surface area contributed by atoms with Crippen LogP contribution in [0.4, 0.5) is 10.5 Å². The van der Waals surface area contributed by atoms with Gasteiger partial charge in [-0.1, -0.05) is 18.2 Å². The average Bonchev–Trinajstić information content (AvgIpc) is 3.07. The smallest absolute Gasteiger partial charge is 0.410 e. The van der Waals surface area contributed by atoms with E-state index in [0.29, 0.717) is 13.1 Å². The van der Waals surface area contributed by atoms with Gasteiger partial charge in [-0.05, 0) is 32.4 Å². The number of amides is 1. The molecule has 0 aliphatic carbocycles. The molecule has 0 unspecified atom stereocenters. The van der Waals surface area contributed by atoms with Gasteiger partial charge in [0.25, 0.3) is 0 Å². The van der Waals surface area contributed by atoms with Gasteiger partial charge in [-0.25, -0.2) is 4.79 Å². The molecule has 1 aromatic carbocycles. The average molecular weight is 343 g/mol. The molecule has 0 bridgehead atoms. The monoisotopic (exact) mass is 343 g/mol. The zero-order valence-corrected chi connectivity index (χ0v) is 15.1. The minimum Gasteiger partial charge on any atom is -0.444 e. The maximum Gasteiger partial charge on any atom is 0.410 e. The highest BCUT2D eigenvalue weighted by Gasteiger charge is 2.26. The summed E-state index contributed by atoms with van der Waals surface area (Å²) in [6, 6.07) is 8.34. The fourth-order valence-corrected chi connectivity index (χ4v) is 2.91. The third-order valence-electron chi connectivity index (χ3n) is 4.08. The van der Waals surface area contributed by atoms with Crippen molar-refractivity contribution in [3.05, 3.63) is 42.5 Å². The molecular formula is C18H25N5O2. The van der Waals surface area contributed by atoms with Crippen molar-refractivity contribution in [3.8, 4) is 0 Å². The standard InChI is InChI=1S/C18H25N5O2/c1-18(2,3)25-17(24)23-10-8-22(9-11-23)16-7-5-4-6-15(16)12-21-13-19-20-14-21/h4-7,13-14H,8-12H2,1-3H3. The van der Waals surface area contributed by atoms with Crippen LogP contribution in [-0.2, 0) is 11.3 Å². The van der Waals surface area contributed by atoms with Crippen LogP contribution in [0.2, 0.25) is 0 Å². The molecular weight excluding hydrogens is 318 g/mol. The maximum atomic E-state index is 12.2. The van der Waals surface area contributed by atoms with Gasteiger partial charge in [-0.2, -0.15) is 0 Å². The number of anilines is 1. The second-order valence-electron chi connectivity index (χ2n) is 7.22. The Morgan fingerprint density at radius 2 is 1.72 bits per heavy atom. The number of hydrogen-bond acceptors (Lipinski definition) is 5. The van der Waals surface area contributed by atoms with Gasteiger partial charge in [0.15, 0.2) is 0 Å². The van der Waals surface area contributed by atoms with E-state index in [4.69, 9.17) is 4.74 Å². The Morgan fingerprint density at radius 1 is 1.08 bits per heavy atom. The minimum atomic E-state index is -0.459. The molecule has 1 aliphatic rings. The Hall–Kier alpha value is -2.57. The van der Waals surface area contributed by atoms with Gasteiger partial charge >= 0.3 is 6.09 Å². The van der Waals surface area contributed by atoms with Gasteiger partial charge in [0.05, 0.1) is 6.54 Å². The number of rotatable bonds is 3. The first kappa shape index (κ1) is 17.3. The Labute approximate surface area is 148 Å². The Balaban J connectivity index is 1.64. The molecule has 2 heterocycles. The molecule has 0 atom stereocenters. The first-order chi connectivity index (χ1) is 11.9. The molecule has 1 fully saturated rings. The summed E-state index contributed by atoms with van der Waals surface area (Å²) in [6.45, 7) is 9.31. The Bertz CT molecular complexity index is 701. The van der Waals surface area contributed by atoms with Gasteiger partial charge in [-0.3, -0.25) is 0 Å². The van der Waals surface area contributed by atoms with Gasteiger partial charge in [0, 0.05) is 31.9 Å². The summed E-state index contributed by atoms with van der Waals surface area (Å²) in [5.74, 6) is 0. The fourth-order valence-electron chi connectivity index (χ4n) is 2.91. The summed E-state index contributed by atoms with van der Waals surface area (Å²) in [7, 11) is 0. The third-order valence-corrected chi connectivity index (χ3v) is 4.08. The Kier molecular flexibility index (Phi) is 4.92. The maximum absolute atomic E-state index is 12.2. The summed E-state index contributed by atoms with van der Waals surface area (Å²) < 4.78 is 7.42. The second-order valence-corrected chi connectivity index (χ2v) is 7.22. The van der Waals surface area contributed by atoms with Crippen LogP contribution in [0.15, 0.2) is 36.9 Å². The number of hydrogen-bond donors (Lipinski definition) is 0. The molecule has 134 valence electrons. The topological polar surface area (TPSA) is 63.5 Å². The predicted molar refractivity (Wildman–Crippen MR) is 95.6 cm³/mol. The second kappa shape index (κ2) is 7.13. The third kappa shape index (κ3) is 4.49. The van der Waals surface area contributed by atoms with Crippen molar-refractivity contribution in [1.82, 2.24) is 19.7 Å². The molecule has 25 heavy (non-hydrogen) atoms. The lowest BCUT2D eigenvalue weighted by atomic mass is 10.1. The quantitative estimate of drug-likeness (QED) is 0.856. The number of carbonyl (C=O) groups is 1. The van der Waals surface area contributed by atoms with Crippen LogP contribution in [0, 0.1) is 0 Å². The van der Waals surface area contributed by atoms with E-state index in [0.717, 1.165) is 19.6 Å². The zero-order valence-electron chi connectivity index (χ0n) is 15.1. The molecule has 1 aromatic heterocycles. The lowest BCUT2D eigenvalue weighted by molar-refractivity contribution is 0.0240.